The third kappa shape index (κ3) is 8.41. The number of benzene rings is 2. The molecule has 0 heterocycles. The molecule has 4 N–H and O–H groups in total. The van der Waals surface area contributed by atoms with E-state index in [1.807, 2.05) is 13.8 Å². The summed E-state index contributed by atoms with van der Waals surface area (Å²) in [6.45, 7) is 4.00. The van der Waals surface area contributed by atoms with Crippen LogP contribution in [0.5, 0.6) is 5.75 Å². The molecule has 0 aliphatic heterocycles. The smallest absolute Gasteiger partial charge is 0.395 e. The predicted octanol–water partition coefficient (Wildman–Crippen LogP) is 5.80. The van der Waals surface area contributed by atoms with Crippen LogP contribution in [0.2, 0.25) is 0 Å². The Morgan fingerprint density at radius 1 is 1.06 bits per heavy atom. The highest BCUT2D eigenvalue weighted by Gasteiger charge is 2.40. The molecule has 0 saturated heterocycles. The van der Waals surface area contributed by atoms with Crippen molar-refractivity contribution in [2.75, 3.05) is 11.5 Å². The zero-order chi connectivity index (χ0) is 23.6. The molecule has 172 valence electrons. The molecule has 2 aromatic rings. The molecule has 2 atom stereocenters. The molecule has 2 rings (SSSR count). The van der Waals surface area contributed by atoms with Crippen LogP contribution in [0.4, 0.5) is 17.6 Å². The highest BCUT2D eigenvalue weighted by atomic mass is 32.2. The van der Waals surface area contributed by atoms with Crippen molar-refractivity contribution < 1.29 is 32.6 Å². The summed E-state index contributed by atoms with van der Waals surface area (Å²) in [6.07, 6.45) is -4.40. The van der Waals surface area contributed by atoms with Crippen LogP contribution in [0.15, 0.2) is 42.5 Å². The van der Waals surface area contributed by atoms with Gasteiger partial charge in [-0.1, -0.05) is 38.1 Å². The second-order valence-corrected chi connectivity index (χ2v) is 7.74. The number of aliphatic carboxylic acids is 1. The van der Waals surface area contributed by atoms with Crippen LogP contribution < -0.4 is 5.73 Å². The number of halogens is 4. The number of phenols is 1. The molecule has 2 aromatic carbocycles. The maximum absolute atomic E-state index is 13.5. The quantitative estimate of drug-likeness (QED) is 0.325. The average molecular weight is 462 g/mol. The lowest BCUT2D eigenvalue weighted by atomic mass is 9.93. The molecular weight excluding hydrogens is 434 g/mol. The van der Waals surface area contributed by atoms with E-state index in [1.54, 1.807) is 0 Å². The molecule has 9 heteroatoms. The number of alkyl halides is 3. The van der Waals surface area contributed by atoms with Crippen LogP contribution in [-0.4, -0.2) is 39.9 Å². The summed E-state index contributed by atoms with van der Waals surface area (Å²) < 4.78 is 53.6. The van der Waals surface area contributed by atoms with Gasteiger partial charge in [0.25, 0.3) is 0 Å². The third-order valence-electron chi connectivity index (χ3n) is 4.42. The Balaban J connectivity index is 0.00000233. The van der Waals surface area contributed by atoms with Crippen molar-refractivity contribution in [3.05, 3.63) is 53.8 Å². The van der Waals surface area contributed by atoms with Gasteiger partial charge < -0.3 is 15.9 Å². The number of phenolic OH excluding ortho intramolecular Hbond substituents is 1. The van der Waals surface area contributed by atoms with Crippen molar-refractivity contribution in [1.82, 2.24) is 0 Å². The van der Waals surface area contributed by atoms with E-state index < -0.39 is 29.9 Å². The van der Waals surface area contributed by atoms with Gasteiger partial charge in [-0.15, -0.1) is 0 Å². The number of carboxylic acid groups (broad SMARTS) is 1. The summed E-state index contributed by atoms with van der Waals surface area (Å²) in [7, 11) is 0. The van der Waals surface area contributed by atoms with E-state index in [-0.39, 0.29) is 29.9 Å². The zero-order valence-electron chi connectivity index (χ0n) is 17.3. The molecule has 0 spiro atoms. The van der Waals surface area contributed by atoms with Crippen LogP contribution in [0, 0.1) is 5.82 Å². The van der Waals surface area contributed by atoms with E-state index in [1.165, 1.54) is 42.1 Å². The van der Waals surface area contributed by atoms with Crippen molar-refractivity contribution in [1.29, 1.82) is 0 Å². The number of thioether (sulfide) groups is 1. The van der Waals surface area contributed by atoms with Crippen LogP contribution in [0.25, 0.3) is 11.1 Å². The van der Waals surface area contributed by atoms with Crippen LogP contribution in [0.3, 0.4) is 0 Å². The van der Waals surface area contributed by atoms with E-state index in [4.69, 9.17) is 10.8 Å². The first-order chi connectivity index (χ1) is 14.6. The van der Waals surface area contributed by atoms with Gasteiger partial charge in [-0.2, -0.15) is 24.9 Å². The summed E-state index contributed by atoms with van der Waals surface area (Å²) >= 11 is 1.23. The number of carbonyl (C=O) groups is 1. The van der Waals surface area contributed by atoms with E-state index in [9.17, 15) is 27.5 Å². The van der Waals surface area contributed by atoms with Crippen molar-refractivity contribution >= 4 is 17.7 Å². The minimum absolute atomic E-state index is 0.0886. The van der Waals surface area contributed by atoms with Gasteiger partial charge in [0.2, 0.25) is 0 Å². The first-order valence-electron chi connectivity index (χ1n) is 9.81. The second-order valence-electron chi connectivity index (χ2n) is 6.51. The number of carboxylic acids is 1. The van der Waals surface area contributed by atoms with Gasteiger partial charge in [0.1, 0.15) is 17.6 Å². The fraction of sp³-hybridized carbons (Fsp3) is 0.409. The number of aromatic hydroxyl groups is 1. The van der Waals surface area contributed by atoms with Gasteiger partial charge in [0.15, 0.2) is 0 Å². The highest BCUT2D eigenvalue weighted by molar-refractivity contribution is 7.99. The molecule has 0 amide bonds. The lowest BCUT2D eigenvalue weighted by molar-refractivity contribution is -0.150. The van der Waals surface area contributed by atoms with Gasteiger partial charge in [0, 0.05) is 11.6 Å². The summed E-state index contributed by atoms with van der Waals surface area (Å²) in [5, 5.41) is 18.5. The molecule has 0 saturated carbocycles. The number of hydrogen-bond donors (Lipinski definition) is 3. The lowest BCUT2D eigenvalue weighted by Gasteiger charge is -2.21. The summed E-state index contributed by atoms with van der Waals surface area (Å²) in [5.41, 5.74) is 6.26. The monoisotopic (exact) mass is 461 g/mol. The normalized spacial score (nSPS) is 13.1. The molecule has 0 bridgehead atoms. The first-order valence-corrected chi connectivity index (χ1v) is 11.0. The topological polar surface area (TPSA) is 83.5 Å². The summed E-state index contributed by atoms with van der Waals surface area (Å²) in [6, 6.07) is 8.06. The zero-order valence-corrected chi connectivity index (χ0v) is 18.1. The predicted molar refractivity (Wildman–Crippen MR) is 116 cm³/mol. The molecule has 31 heavy (non-hydrogen) atoms. The number of nitrogens with two attached hydrogens (primary N) is 1. The standard InChI is InChI=1S/C20H21F4NO3S.C2H6/c21-14-5-6-15(18(26)11-14)12-1-3-13(4-2-12)16(20(22,23)24)7-9-29-10-8-17(25)19(27)28;1-2/h1-6,11,16-17,26H,7-10,25H2,(H,27,28);1-2H3. The van der Waals surface area contributed by atoms with Gasteiger partial charge in [-0.25, -0.2) is 4.39 Å². The van der Waals surface area contributed by atoms with Crippen molar-refractivity contribution in [3.8, 4) is 16.9 Å². The Morgan fingerprint density at radius 2 is 1.65 bits per heavy atom. The molecule has 0 radical (unpaired) electrons. The Bertz CT molecular complexity index is 828. The highest BCUT2D eigenvalue weighted by Crippen LogP contribution is 2.39. The van der Waals surface area contributed by atoms with Crippen LogP contribution in [-0.2, 0) is 4.79 Å². The van der Waals surface area contributed by atoms with E-state index in [2.05, 4.69) is 0 Å². The van der Waals surface area contributed by atoms with Crippen molar-refractivity contribution in [2.45, 2.75) is 44.8 Å². The molecule has 2 unspecified atom stereocenters. The van der Waals surface area contributed by atoms with Gasteiger partial charge in [-0.05, 0) is 47.6 Å². The lowest BCUT2D eigenvalue weighted by Crippen LogP contribution is -2.30. The van der Waals surface area contributed by atoms with Gasteiger partial charge >= 0.3 is 12.1 Å². The largest absolute Gasteiger partial charge is 0.507 e. The molecule has 0 fully saturated rings. The molecule has 0 aliphatic rings. The Hall–Kier alpha value is -2.26. The fourth-order valence-electron chi connectivity index (χ4n) is 2.80. The third-order valence-corrected chi connectivity index (χ3v) is 5.47. The van der Waals surface area contributed by atoms with E-state index >= 15 is 0 Å². The Kier molecular flexibility index (Phi) is 10.8. The van der Waals surface area contributed by atoms with Gasteiger partial charge in [-0.3, -0.25) is 4.79 Å². The summed E-state index contributed by atoms with van der Waals surface area (Å²) in [4.78, 5) is 10.6. The van der Waals surface area contributed by atoms with Crippen LogP contribution in [0.1, 0.15) is 38.2 Å². The Labute approximate surface area is 183 Å². The second kappa shape index (κ2) is 12.6. The fourth-order valence-corrected chi connectivity index (χ4v) is 3.83. The summed E-state index contributed by atoms with van der Waals surface area (Å²) in [5.74, 6) is -3.13. The molecular formula is C22H27F4NO3S. The van der Waals surface area contributed by atoms with Gasteiger partial charge in [0.05, 0.1) is 5.92 Å². The average Bonchev–Trinajstić information content (AvgIpc) is 2.71. The minimum Gasteiger partial charge on any atom is -0.507 e. The SMILES string of the molecule is CC.NC(CCSCCC(c1ccc(-c2ccc(F)cc2O)cc1)C(F)(F)F)C(=O)O. The first kappa shape index (κ1) is 26.8. The maximum atomic E-state index is 13.5. The van der Waals surface area contributed by atoms with Crippen molar-refractivity contribution in [2.24, 2.45) is 5.73 Å². The maximum Gasteiger partial charge on any atom is 0.395 e. The minimum atomic E-state index is -4.43. The molecule has 0 aromatic heterocycles. The Morgan fingerprint density at radius 3 is 2.16 bits per heavy atom. The molecule has 0 aliphatic carbocycles. The number of hydrogen-bond acceptors (Lipinski definition) is 4. The van der Waals surface area contributed by atoms with E-state index in [0.29, 0.717) is 16.9 Å². The van der Waals surface area contributed by atoms with Crippen molar-refractivity contribution in [3.63, 3.8) is 0 Å². The molecule has 4 nitrogen and oxygen atoms in total. The van der Waals surface area contributed by atoms with Crippen LogP contribution >= 0.6 is 11.8 Å². The number of rotatable bonds is 9. The van der Waals surface area contributed by atoms with E-state index in [0.717, 1.165) is 12.1 Å².